The van der Waals surface area contributed by atoms with E-state index < -0.39 is 10.0 Å². The van der Waals surface area contributed by atoms with E-state index in [4.69, 9.17) is 0 Å². The summed E-state index contributed by atoms with van der Waals surface area (Å²) in [5.41, 5.74) is 2.45. The van der Waals surface area contributed by atoms with E-state index in [1.807, 2.05) is 10.7 Å². The molecule has 3 heterocycles. The van der Waals surface area contributed by atoms with Gasteiger partial charge in [0.1, 0.15) is 0 Å². The molecule has 8 heteroatoms. The topological polar surface area (TPSA) is 67.2 Å². The minimum absolute atomic E-state index is 0.0425. The molecule has 4 rings (SSSR count). The maximum Gasteiger partial charge on any atom is 0.214 e. The predicted octanol–water partition coefficient (Wildman–Crippen LogP) is 1.58. The molecule has 1 aliphatic carbocycles. The maximum atomic E-state index is 12.1. The molecular weight excluding hydrogens is 332 g/mol. The van der Waals surface area contributed by atoms with E-state index in [2.05, 4.69) is 31.5 Å². The van der Waals surface area contributed by atoms with Crippen molar-refractivity contribution < 1.29 is 8.42 Å². The number of hydrogen-bond donors (Lipinski definition) is 1. The number of nitrogens with one attached hydrogen (secondary N) is 1. The Kier molecular flexibility index (Phi) is 4.00. The van der Waals surface area contributed by atoms with Crippen molar-refractivity contribution in [2.45, 2.75) is 37.2 Å². The summed E-state index contributed by atoms with van der Waals surface area (Å²) in [6.45, 7) is 2.95. The Morgan fingerprint density at radius 1 is 1.35 bits per heavy atom. The molecule has 2 aromatic rings. The van der Waals surface area contributed by atoms with Crippen LogP contribution in [-0.4, -0.2) is 41.4 Å². The quantitative estimate of drug-likeness (QED) is 0.857. The molecule has 6 nitrogen and oxygen atoms in total. The Morgan fingerprint density at radius 3 is 2.96 bits per heavy atom. The molecule has 0 unspecified atom stereocenters. The number of nitrogens with zero attached hydrogens (tertiary/aromatic N) is 3. The average Bonchev–Trinajstić information content (AvgIpc) is 3.08. The van der Waals surface area contributed by atoms with Crippen LogP contribution in [0, 0.1) is 0 Å². The highest BCUT2D eigenvalue weighted by Crippen LogP contribution is 2.28. The van der Waals surface area contributed by atoms with Crippen LogP contribution < -0.4 is 4.72 Å². The van der Waals surface area contributed by atoms with Crippen LogP contribution in [0.25, 0.3) is 0 Å². The molecule has 0 amide bonds. The lowest BCUT2D eigenvalue weighted by Gasteiger charge is -2.33. The van der Waals surface area contributed by atoms with Gasteiger partial charge < -0.3 is 0 Å². The van der Waals surface area contributed by atoms with Crippen molar-refractivity contribution in [1.29, 1.82) is 0 Å². The van der Waals surface area contributed by atoms with Crippen molar-refractivity contribution in [3.63, 3.8) is 0 Å². The first-order valence-electron chi connectivity index (χ1n) is 7.86. The van der Waals surface area contributed by atoms with E-state index in [9.17, 15) is 8.42 Å². The number of aromatic nitrogens is 2. The number of thiophene rings is 1. The van der Waals surface area contributed by atoms with E-state index in [1.54, 1.807) is 17.5 Å². The van der Waals surface area contributed by atoms with E-state index in [0.29, 0.717) is 6.54 Å². The summed E-state index contributed by atoms with van der Waals surface area (Å²) >= 11 is 1.70. The van der Waals surface area contributed by atoms with Crippen LogP contribution in [0.3, 0.4) is 0 Å². The number of rotatable bonds is 6. The Morgan fingerprint density at radius 2 is 2.22 bits per heavy atom. The second-order valence-corrected chi connectivity index (χ2v) is 9.14. The lowest BCUT2D eigenvalue weighted by molar-refractivity contribution is 0.168. The fourth-order valence-electron chi connectivity index (χ4n) is 3.09. The Balaban J connectivity index is 1.47. The lowest BCUT2D eigenvalue weighted by atomic mass is 10.1. The first-order chi connectivity index (χ1) is 11.1. The van der Waals surface area contributed by atoms with Gasteiger partial charge in [-0.05, 0) is 41.3 Å². The van der Waals surface area contributed by atoms with Crippen molar-refractivity contribution in [1.82, 2.24) is 19.4 Å². The van der Waals surface area contributed by atoms with Gasteiger partial charge in [0, 0.05) is 32.4 Å². The van der Waals surface area contributed by atoms with Crippen LogP contribution in [0.1, 0.15) is 30.1 Å². The fraction of sp³-hybridized carbons (Fsp3) is 0.533. The van der Waals surface area contributed by atoms with Gasteiger partial charge in [-0.3, -0.25) is 9.58 Å². The zero-order valence-electron chi connectivity index (χ0n) is 12.8. The van der Waals surface area contributed by atoms with Gasteiger partial charge in [0.25, 0.3) is 0 Å². The van der Waals surface area contributed by atoms with Gasteiger partial charge in [-0.2, -0.15) is 16.4 Å². The summed E-state index contributed by atoms with van der Waals surface area (Å²) in [4.78, 5) is 2.36. The van der Waals surface area contributed by atoms with Gasteiger partial charge >= 0.3 is 0 Å². The Labute approximate surface area is 140 Å². The zero-order chi connectivity index (χ0) is 15.9. The summed E-state index contributed by atoms with van der Waals surface area (Å²) in [6.07, 6.45) is 3.38. The fourth-order valence-corrected chi connectivity index (χ4v) is 5.16. The van der Waals surface area contributed by atoms with E-state index in [0.717, 1.165) is 38.2 Å². The van der Waals surface area contributed by atoms with Crippen molar-refractivity contribution in [3.8, 4) is 0 Å². The van der Waals surface area contributed by atoms with Gasteiger partial charge in [-0.1, -0.05) is 0 Å². The van der Waals surface area contributed by atoms with Gasteiger partial charge in [-0.15, -0.1) is 0 Å². The van der Waals surface area contributed by atoms with Crippen molar-refractivity contribution >= 4 is 21.4 Å². The molecule has 1 fully saturated rings. The summed E-state index contributed by atoms with van der Waals surface area (Å²) in [7, 11) is -3.15. The number of sulfonamides is 1. The third kappa shape index (κ3) is 3.35. The highest BCUT2D eigenvalue weighted by molar-refractivity contribution is 7.90. The molecule has 0 saturated heterocycles. The van der Waals surface area contributed by atoms with Crippen LogP contribution in [-0.2, 0) is 23.1 Å². The molecule has 0 radical (unpaired) electrons. The van der Waals surface area contributed by atoms with Crippen LogP contribution in [0.4, 0.5) is 0 Å². The molecule has 2 aliphatic rings. The van der Waals surface area contributed by atoms with Gasteiger partial charge in [0.05, 0.1) is 17.0 Å². The van der Waals surface area contributed by atoms with Crippen molar-refractivity contribution in [3.05, 3.63) is 40.3 Å². The molecular formula is C15H20N4O2S2. The van der Waals surface area contributed by atoms with Crippen LogP contribution in [0.5, 0.6) is 0 Å². The van der Waals surface area contributed by atoms with E-state index >= 15 is 0 Å². The molecule has 124 valence electrons. The number of fused-ring (bicyclic) bond motifs is 1. The summed E-state index contributed by atoms with van der Waals surface area (Å²) < 4.78 is 28.9. The molecule has 0 bridgehead atoms. The minimum Gasteiger partial charge on any atom is -0.291 e. The van der Waals surface area contributed by atoms with E-state index in [-0.39, 0.29) is 11.3 Å². The van der Waals surface area contributed by atoms with E-state index in [1.165, 1.54) is 5.56 Å². The summed E-state index contributed by atoms with van der Waals surface area (Å²) in [6, 6.07) is 4.20. The highest BCUT2D eigenvalue weighted by atomic mass is 32.2. The van der Waals surface area contributed by atoms with Crippen molar-refractivity contribution in [2.24, 2.45) is 0 Å². The highest BCUT2D eigenvalue weighted by Gasteiger charge is 2.36. The summed E-state index contributed by atoms with van der Waals surface area (Å²) in [5, 5.41) is 8.46. The van der Waals surface area contributed by atoms with Crippen LogP contribution in [0.2, 0.25) is 0 Å². The number of hydrogen-bond acceptors (Lipinski definition) is 5. The zero-order valence-corrected chi connectivity index (χ0v) is 14.4. The van der Waals surface area contributed by atoms with Crippen LogP contribution >= 0.6 is 11.3 Å². The SMILES string of the molecule is O=S(=O)(NC[C@H]1CN(Cc2ccsc2)Cc2ccnn21)C1CC1. The standard InChI is InChI=1S/C15H20N4O2S2/c20-23(21,15-1-2-15)17-7-14-10-18(8-12-4-6-22-11-12)9-13-3-5-16-19(13)14/h3-6,11,14-15,17H,1-2,7-10H2/t14-/m0/s1. The second-order valence-electron chi connectivity index (χ2n) is 6.31. The molecule has 0 aromatic carbocycles. The molecule has 23 heavy (non-hydrogen) atoms. The largest absolute Gasteiger partial charge is 0.291 e. The smallest absolute Gasteiger partial charge is 0.214 e. The minimum atomic E-state index is -3.15. The normalized spacial score (nSPS) is 22.2. The van der Waals surface area contributed by atoms with Gasteiger partial charge in [0.2, 0.25) is 10.0 Å². The van der Waals surface area contributed by atoms with Crippen molar-refractivity contribution in [2.75, 3.05) is 13.1 Å². The molecule has 0 spiro atoms. The molecule has 1 atom stereocenters. The Bertz CT molecular complexity index is 765. The van der Waals surface area contributed by atoms with Gasteiger partial charge in [-0.25, -0.2) is 13.1 Å². The van der Waals surface area contributed by atoms with Crippen LogP contribution in [0.15, 0.2) is 29.1 Å². The summed E-state index contributed by atoms with van der Waals surface area (Å²) in [5.74, 6) is 0. The molecule has 1 N–H and O–H groups in total. The second kappa shape index (κ2) is 6.01. The molecule has 2 aromatic heterocycles. The first kappa shape index (κ1) is 15.3. The average molecular weight is 352 g/mol. The predicted molar refractivity (Wildman–Crippen MR) is 89.6 cm³/mol. The molecule has 1 aliphatic heterocycles. The van der Waals surface area contributed by atoms with Gasteiger partial charge in [0.15, 0.2) is 0 Å². The Hall–Kier alpha value is -1.22. The first-order valence-corrected chi connectivity index (χ1v) is 10.3. The maximum absolute atomic E-state index is 12.1. The lowest BCUT2D eigenvalue weighted by Crippen LogP contribution is -2.43. The monoisotopic (exact) mass is 352 g/mol. The molecule has 1 saturated carbocycles. The third-order valence-corrected chi connectivity index (χ3v) is 7.07. The third-order valence-electron chi connectivity index (χ3n) is 4.42.